The third-order valence-electron chi connectivity index (χ3n) is 4.32. The van der Waals surface area contributed by atoms with Gasteiger partial charge in [-0.3, -0.25) is 19.1 Å². The van der Waals surface area contributed by atoms with Gasteiger partial charge in [0.15, 0.2) is 6.10 Å². The molecular weight excluding hydrogens is 374 g/mol. The van der Waals surface area contributed by atoms with Crippen LogP contribution in [0.5, 0.6) is 5.75 Å². The molecule has 0 bridgehead atoms. The molecule has 0 aliphatic carbocycles. The lowest BCUT2D eigenvalue weighted by atomic mass is 10.2. The number of carbonyl (C=O) groups excluding carboxylic acids is 2. The molecule has 2 aromatic carbocycles. The van der Waals surface area contributed by atoms with Crippen LogP contribution in [0, 0.1) is 0 Å². The average molecular weight is 395 g/mol. The molecule has 150 valence electrons. The largest absolute Gasteiger partial charge is 0.497 e. The van der Waals surface area contributed by atoms with Gasteiger partial charge in [0.05, 0.1) is 31.8 Å². The van der Waals surface area contributed by atoms with E-state index in [2.05, 4.69) is 10.4 Å². The van der Waals surface area contributed by atoms with E-state index >= 15 is 0 Å². The van der Waals surface area contributed by atoms with E-state index in [1.165, 1.54) is 13.1 Å². The van der Waals surface area contributed by atoms with Gasteiger partial charge >= 0.3 is 5.97 Å². The number of nitrogens with zero attached hydrogens (tertiary/aromatic N) is 2. The van der Waals surface area contributed by atoms with Gasteiger partial charge in [0.25, 0.3) is 5.91 Å². The Morgan fingerprint density at radius 2 is 1.86 bits per heavy atom. The van der Waals surface area contributed by atoms with Crippen LogP contribution in [0.1, 0.15) is 13.3 Å². The highest BCUT2D eigenvalue weighted by atomic mass is 16.5. The van der Waals surface area contributed by atoms with Crippen LogP contribution in [-0.2, 0) is 20.9 Å². The van der Waals surface area contributed by atoms with Crippen molar-refractivity contribution in [2.24, 2.45) is 0 Å². The van der Waals surface area contributed by atoms with Gasteiger partial charge < -0.3 is 14.8 Å². The lowest BCUT2D eigenvalue weighted by Gasteiger charge is -2.14. The van der Waals surface area contributed by atoms with Gasteiger partial charge in [-0.2, -0.15) is 5.10 Å². The van der Waals surface area contributed by atoms with Crippen molar-refractivity contribution >= 4 is 28.5 Å². The Kier molecular flexibility index (Phi) is 6.23. The van der Waals surface area contributed by atoms with Crippen molar-refractivity contribution in [2.75, 3.05) is 12.4 Å². The number of esters is 1. The number of aryl methyl sites for hydroxylation is 1. The molecule has 0 aliphatic heterocycles. The van der Waals surface area contributed by atoms with Crippen LogP contribution in [0.15, 0.2) is 59.5 Å². The number of methoxy groups -OCH3 is 1. The fraction of sp³-hybridized carbons (Fsp3) is 0.238. The molecule has 1 N–H and O–H groups in total. The molecule has 8 nitrogen and oxygen atoms in total. The second-order valence-electron chi connectivity index (χ2n) is 6.35. The van der Waals surface area contributed by atoms with E-state index in [-0.39, 0.29) is 18.4 Å². The maximum Gasteiger partial charge on any atom is 0.308 e. The van der Waals surface area contributed by atoms with Gasteiger partial charge in [0.1, 0.15) is 5.75 Å². The van der Waals surface area contributed by atoms with Gasteiger partial charge in [-0.05, 0) is 43.3 Å². The number of amides is 1. The number of benzene rings is 2. The monoisotopic (exact) mass is 395 g/mol. The fourth-order valence-electron chi connectivity index (χ4n) is 2.76. The molecule has 0 radical (unpaired) electrons. The molecule has 1 amide bonds. The Balaban J connectivity index is 1.55. The van der Waals surface area contributed by atoms with E-state index in [0.717, 1.165) is 0 Å². The highest BCUT2D eigenvalue weighted by Gasteiger charge is 2.18. The number of carbonyl (C=O) groups is 2. The summed E-state index contributed by atoms with van der Waals surface area (Å²) in [6, 6.07) is 13.9. The third-order valence-corrected chi connectivity index (χ3v) is 4.32. The molecule has 0 saturated carbocycles. The number of hydrogen-bond donors (Lipinski definition) is 1. The van der Waals surface area contributed by atoms with E-state index in [0.29, 0.717) is 22.3 Å². The van der Waals surface area contributed by atoms with Crippen LogP contribution >= 0.6 is 0 Å². The summed E-state index contributed by atoms with van der Waals surface area (Å²) in [7, 11) is 1.56. The first-order chi connectivity index (χ1) is 14.0. The third kappa shape index (κ3) is 4.98. The minimum atomic E-state index is -0.955. The molecule has 1 aromatic heterocycles. The Labute approximate surface area is 167 Å². The summed E-state index contributed by atoms with van der Waals surface area (Å²) in [6.07, 6.45) is 0.279. The zero-order valence-electron chi connectivity index (χ0n) is 16.1. The number of fused-ring (bicyclic) bond motifs is 1. The summed E-state index contributed by atoms with van der Waals surface area (Å²) < 4.78 is 11.8. The minimum Gasteiger partial charge on any atom is -0.497 e. The molecule has 1 atom stereocenters. The fourth-order valence-corrected chi connectivity index (χ4v) is 2.76. The summed E-state index contributed by atoms with van der Waals surface area (Å²) in [5.74, 6) is -0.298. The van der Waals surface area contributed by atoms with Crippen LogP contribution in [0.4, 0.5) is 5.69 Å². The van der Waals surface area contributed by atoms with Gasteiger partial charge in [0.2, 0.25) is 5.43 Å². The number of rotatable bonds is 7. The summed E-state index contributed by atoms with van der Waals surface area (Å²) in [5.41, 5.74) is 1.03. The van der Waals surface area contributed by atoms with Crippen LogP contribution in [0.3, 0.4) is 0 Å². The Bertz CT molecular complexity index is 1080. The predicted molar refractivity (Wildman–Crippen MR) is 108 cm³/mol. The zero-order chi connectivity index (χ0) is 20.8. The Morgan fingerprint density at radius 1 is 1.14 bits per heavy atom. The average Bonchev–Trinajstić information content (AvgIpc) is 2.74. The maximum atomic E-state index is 12.2. The van der Waals surface area contributed by atoms with Gasteiger partial charge in [-0.25, -0.2) is 0 Å². The molecule has 1 unspecified atom stereocenters. The Morgan fingerprint density at radius 3 is 2.59 bits per heavy atom. The molecule has 29 heavy (non-hydrogen) atoms. The lowest BCUT2D eigenvalue weighted by Crippen LogP contribution is -2.30. The first-order valence-corrected chi connectivity index (χ1v) is 9.07. The molecule has 0 spiro atoms. The number of anilines is 1. The Hall–Kier alpha value is -3.68. The number of para-hydroxylation sites is 1. The minimum absolute atomic E-state index is 0.0139. The molecule has 3 aromatic rings. The predicted octanol–water partition coefficient (Wildman–Crippen LogP) is 2.37. The van der Waals surface area contributed by atoms with Crippen molar-refractivity contribution in [3.05, 3.63) is 65.0 Å². The summed E-state index contributed by atoms with van der Waals surface area (Å²) >= 11 is 0. The quantitative estimate of drug-likeness (QED) is 0.617. The number of hydrogen-bond acceptors (Lipinski definition) is 6. The first kappa shape index (κ1) is 20.1. The molecular formula is C21H21N3O5. The normalized spacial score (nSPS) is 11.7. The van der Waals surface area contributed by atoms with Crippen molar-refractivity contribution < 1.29 is 19.1 Å². The van der Waals surface area contributed by atoms with E-state index in [1.807, 2.05) is 0 Å². The summed E-state index contributed by atoms with van der Waals surface area (Å²) in [5, 5.41) is 7.28. The van der Waals surface area contributed by atoms with Crippen molar-refractivity contribution in [3.63, 3.8) is 0 Å². The van der Waals surface area contributed by atoms with E-state index in [1.54, 1.807) is 60.3 Å². The molecule has 1 heterocycles. The van der Waals surface area contributed by atoms with Crippen molar-refractivity contribution in [1.29, 1.82) is 0 Å². The van der Waals surface area contributed by atoms with Crippen molar-refractivity contribution in [3.8, 4) is 5.75 Å². The van der Waals surface area contributed by atoms with Crippen molar-refractivity contribution in [1.82, 2.24) is 9.78 Å². The smallest absolute Gasteiger partial charge is 0.308 e. The number of nitrogens with one attached hydrogen (secondary N) is 1. The zero-order valence-corrected chi connectivity index (χ0v) is 16.1. The van der Waals surface area contributed by atoms with Crippen LogP contribution in [0.2, 0.25) is 0 Å². The summed E-state index contributed by atoms with van der Waals surface area (Å²) in [4.78, 5) is 36.2. The van der Waals surface area contributed by atoms with Crippen LogP contribution in [0.25, 0.3) is 10.9 Å². The lowest BCUT2D eigenvalue weighted by molar-refractivity contribution is -0.153. The first-order valence-electron chi connectivity index (χ1n) is 9.07. The molecule has 3 rings (SSSR count). The topological polar surface area (TPSA) is 99.5 Å². The van der Waals surface area contributed by atoms with Gasteiger partial charge in [-0.15, -0.1) is 0 Å². The van der Waals surface area contributed by atoms with Gasteiger partial charge in [-0.1, -0.05) is 12.1 Å². The van der Waals surface area contributed by atoms with Crippen molar-refractivity contribution in [2.45, 2.75) is 26.0 Å². The second kappa shape index (κ2) is 9.01. The highest BCUT2D eigenvalue weighted by Crippen LogP contribution is 2.15. The second-order valence-corrected chi connectivity index (χ2v) is 6.35. The molecule has 0 fully saturated rings. The molecule has 0 aliphatic rings. The highest BCUT2D eigenvalue weighted by molar-refractivity contribution is 5.95. The number of ether oxygens (including phenoxy) is 2. The van der Waals surface area contributed by atoms with Crippen LogP contribution in [-0.4, -0.2) is 34.9 Å². The van der Waals surface area contributed by atoms with Crippen LogP contribution < -0.4 is 15.5 Å². The maximum absolute atomic E-state index is 12.2. The standard InChI is InChI=1S/C21H21N3O5/c1-14(21(27)23-15-7-9-16(28-2)10-8-15)29-20(26)11-12-24-18-6-4-3-5-17(18)19(25)13-22-24/h3-10,13-14H,11-12H2,1-2H3,(H,23,27). The molecule has 8 heteroatoms. The van der Waals surface area contributed by atoms with E-state index in [9.17, 15) is 14.4 Å². The summed E-state index contributed by atoms with van der Waals surface area (Å²) in [6.45, 7) is 1.73. The SMILES string of the molecule is COc1ccc(NC(=O)C(C)OC(=O)CCn2ncc(=O)c3ccccc32)cc1. The van der Waals surface area contributed by atoms with E-state index < -0.39 is 18.0 Å². The number of aromatic nitrogens is 2. The van der Waals surface area contributed by atoms with Gasteiger partial charge in [0, 0.05) is 11.1 Å². The molecule has 0 saturated heterocycles. The van der Waals surface area contributed by atoms with E-state index in [4.69, 9.17) is 9.47 Å².